The predicted molar refractivity (Wildman–Crippen MR) is 76.7 cm³/mol. The summed E-state index contributed by atoms with van der Waals surface area (Å²) in [6.07, 6.45) is 0. The molecule has 2 rings (SSSR count). The Morgan fingerprint density at radius 1 is 1.25 bits per heavy atom. The average Bonchev–Trinajstić information content (AvgIpc) is 2.46. The summed E-state index contributed by atoms with van der Waals surface area (Å²) in [5, 5.41) is 12.6. The van der Waals surface area contributed by atoms with Crippen LogP contribution in [0.15, 0.2) is 42.5 Å². The summed E-state index contributed by atoms with van der Waals surface area (Å²) in [6.45, 7) is 0.294. The lowest BCUT2D eigenvalue weighted by molar-refractivity contribution is 0.0947. The second kappa shape index (κ2) is 5.97. The van der Waals surface area contributed by atoms with Crippen molar-refractivity contribution in [3.8, 4) is 11.5 Å². The van der Waals surface area contributed by atoms with Crippen LogP contribution in [0, 0.1) is 0 Å². The number of benzene rings is 2. The fourth-order valence-corrected chi connectivity index (χ4v) is 1.84. The second-order valence-corrected chi connectivity index (χ2v) is 4.24. The van der Waals surface area contributed by atoms with Gasteiger partial charge in [-0.25, -0.2) is 0 Å². The molecule has 4 N–H and O–H groups in total. The number of nitrogens with one attached hydrogen (secondary N) is 1. The van der Waals surface area contributed by atoms with Gasteiger partial charge in [0, 0.05) is 12.2 Å². The highest BCUT2D eigenvalue weighted by Crippen LogP contribution is 2.29. The summed E-state index contributed by atoms with van der Waals surface area (Å²) in [7, 11) is 1.43. The number of amides is 1. The number of ether oxygens (including phenoxy) is 1. The van der Waals surface area contributed by atoms with Gasteiger partial charge in [0.25, 0.3) is 5.91 Å². The molecule has 0 aliphatic carbocycles. The molecular weight excluding hydrogens is 256 g/mol. The van der Waals surface area contributed by atoms with Crippen molar-refractivity contribution in [1.82, 2.24) is 5.32 Å². The molecule has 0 spiro atoms. The number of anilines is 1. The SMILES string of the molecule is COc1cccc(C(=O)NCc2ccccc2N)c1O. The van der Waals surface area contributed by atoms with Gasteiger partial charge in [-0.05, 0) is 23.8 Å². The first kappa shape index (κ1) is 13.7. The highest BCUT2D eigenvalue weighted by molar-refractivity contribution is 5.97. The number of phenolic OH excluding ortho intramolecular Hbond substituents is 1. The summed E-state index contributed by atoms with van der Waals surface area (Å²) < 4.78 is 4.97. The van der Waals surface area contributed by atoms with E-state index in [2.05, 4.69) is 5.32 Å². The number of methoxy groups -OCH3 is 1. The number of carbonyl (C=O) groups is 1. The Morgan fingerprint density at radius 3 is 2.70 bits per heavy atom. The fourth-order valence-electron chi connectivity index (χ4n) is 1.84. The van der Waals surface area contributed by atoms with E-state index in [0.717, 1.165) is 5.56 Å². The molecule has 0 radical (unpaired) electrons. The molecule has 104 valence electrons. The van der Waals surface area contributed by atoms with Crippen LogP contribution < -0.4 is 15.8 Å². The maximum absolute atomic E-state index is 12.1. The van der Waals surface area contributed by atoms with Gasteiger partial charge in [-0.2, -0.15) is 0 Å². The van der Waals surface area contributed by atoms with Crippen molar-refractivity contribution in [2.45, 2.75) is 6.54 Å². The van der Waals surface area contributed by atoms with Gasteiger partial charge < -0.3 is 20.9 Å². The Hall–Kier alpha value is -2.69. The molecule has 5 heteroatoms. The third-order valence-electron chi connectivity index (χ3n) is 2.96. The maximum Gasteiger partial charge on any atom is 0.255 e. The van der Waals surface area contributed by atoms with Crippen LogP contribution in [0.1, 0.15) is 15.9 Å². The number of nitrogen functional groups attached to an aromatic ring is 1. The first-order valence-corrected chi connectivity index (χ1v) is 6.11. The number of hydrogen-bond donors (Lipinski definition) is 3. The monoisotopic (exact) mass is 272 g/mol. The van der Waals surface area contributed by atoms with Gasteiger partial charge in [0.05, 0.1) is 12.7 Å². The third kappa shape index (κ3) is 2.83. The van der Waals surface area contributed by atoms with Crippen LogP contribution >= 0.6 is 0 Å². The molecule has 1 amide bonds. The zero-order valence-corrected chi connectivity index (χ0v) is 11.1. The highest BCUT2D eigenvalue weighted by Gasteiger charge is 2.14. The minimum atomic E-state index is -0.385. The predicted octanol–water partition coefficient (Wildman–Crippen LogP) is 1.91. The van der Waals surface area contributed by atoms with E-state index in [4.69, 9.17) is 10.5 Å². The molecular formula is C15H16N2O3. The van der Waals surface area contributed by atoms with E-state index in [1.807, 2.05) is 18.2 Å². The summed E-state index contributed by atoms with van der Waals surface area (Å²) in [5.41, 5.74) is 7.40. The largest absolute Gasteiger partial charge is 0.504 e. The minimum absolute atomic E-state index is 0.166. The summed E-state index contributed by atoms with van der Waals surface area (Å²) in [5.74, 6) is -0.296. The van der Waals surface area contributed by atoms with Crippen molar-refractivity contribution in [2.75, 3.05) is 12.8 Å². The lowest BCUT2D eigenvalue weighted by Gasteiger charge is -2.10. The molecule has 0 heterocycles. The second-order valence-electron chi connectivity index (χ2n) is 4.24. The standard InChI is InChI=1S/C15H16N2O3/c1-20-13-8-4-6-11(14(13)18)15(19)17-9-10-5-2-3-7-12(10)16/h2-8,18H,9,16H2,1H3,(H,17,19). The number of rotatable bonds is 4. The summed E-state index contributed by atoms with van der Waals surface area (Å²) in [6, 6.07) is 12.0. The van der Waals surface area contributed by atoms with E-state index in [0.29, 0.717) is 12.2 Å². The Bertz CT molecular complexity index is 626. The Kier molecular flexibility index (Phi) is 4.10. The normalized spacial score (nSPS) is 10.1. The molecule has 0 aliphatic heterocycles. The van der Waals surface area contributed by atoms with Crippen LogP contribution in [0.5, 0.6) is 11.5 Å². The van der Waals surface area contributed by atoms with Crippen LogP contribution in [0.2, 0.25) is 0 Å². The van der Waals surface area contributed by atoms with Gasteiger partial charge in [-0.15, -0.1) is 0 Å². The van der Waals surface area contributed by atoms with Gasteiger partial charge in [0.2, 0.25) is 0 Å². The zero-order chi connectivity index (χ0) is 14.5. The first-order chi connectivity index (χ1) is 9.63. The maximum atomic E-state index is 12.1. The molecule has 20 heavy (non-hydrogen) atoms. The lowest BCUT2D eigenvalue weighted by Crippen LogP contribution is -2.23. The minimum Gasteiger partial charge on any atom is -0.504 e. The number of carbonyl (C=O) groups excluding carboxylic acids is 1. The fraction of sp³-hybridized carbons (Fsp3) is 0.133. The van der Waals surface area contributed by atoms with Crippen LogP contribution in [0.4, 0.5) is 5.69 Å². The van der Waals surface area contributed by atoms with E-state index in [1.54, 1.807) is 18.2 Å². The van der Waals surface area contributed by atoms with Gasteiger partial charge in [-0.1, -0.05) is 24.3 Å². The molecule has 0 aliphatic rings. The number of hydrogen-bond acceptors (Lipinski definition) is 4. The lowest BCUT2D eigenvalue weighted by atomic mass is 10.1. The molecule has 0 atom stereocenters. The quantitative estimate of drug-likeness (QED) is 0.742. The van der Waals surface area contributed by atoms with Gasteiger partial charge >= 0.3 is 0 Å². The number of aromatic hydroxyl groups is 1. The molecule has 0 bridgehead atoms. The van der Waals surface area contributed by atoms with Crippen molar-refractivity contribution < 1.29 is 14.6 Å². The molecule has 2 aromatic carbocycles. The third-order valence-corrected chi connectivity index (χ3v) is 2.96. The average molecular weight is 272 g/mol. The van der Waals surface area contributed by atoms with Crippen molar-refractivity contribution in [3.05, 3.63) is 53.6 Å². The van der Waals surface area contributed by atoms with Crippen molar-refractivity contribution in [1.29, 1.82) is 0 Å². The van der Waals surface area contributed by atoms with Crippen LogP contribution in [-0.2, 0) is 6.54 Å². The van der Waals surface area contributed by atoms with Crippen LogP contribution in [-0.4, -0.2) is 18.1 Å². The first-order valence-electron chi connectivity index (χ1n) is 6.11. The highest BCUT2D eigenvalue weighted by atomic mass is 16.5. The number of phenols is 1. The van der Waals surface area contributed by atoms with Crippen molar-refractivity contribution in [2.24, 2.45) is 0 Å². The molecule has 0 aromatic heterocycles. The van der Waals surface area contributed by atoms with Gasteiger partial charge in [-0.3, -0.25) is 4.79 Å². The van der Waals surface area contributed by atoms with E-state index >= 15 is 0 Å². The smallest absolute Gasteiger partial charge is 0.255 e. The van der Waals surface area contributed by atoms with E-state index in [1.165, 1.54) is 13.2 Å². The van der Waals surface area contributed by atoms with Crippen LogP contribution in [0.25, 0.3) is 0 Å². The van der Waals surface area contributed by atoms with Crippen molar-refractivity contribution >= 4 is 11.6 Å². The molecule has 0 saturated carbocycles. The molecule has 2 aromatic rings. The van der Waals surface area contributed by atoms with Gasteiger partial charge in [0.15, 0.2) is 11.5 Å². The van der Waals surface area contributed by atoms with E-state index < -0.39 is 0 Å². The number of nitrogens with two attached hydrogens (primary N) is 1. The topological polar surface area (TPSA) is 84.6 Å². The van der Waals surface area contributed by atoms with Gasteiger partial charge in [0.1, 0.15) is 0 Å². The Balaban J connectivity index is 2.12. The zero-order valence-electron chi connectivity index (χ0n) is 11.1. The Labute approximate surface area is 117 Å². The van der Waals surface area contributed by atoms with Crippen LogP contribution in [0.3, 0.4) is 0 Å². The summed E-state index contributed by atoms with van der Waals surface area (Å²) in [4.78, 5) is 12.1. The number of para-hydroxylation sites is 2. The molecule has 0 unspecified atom stereocenters. The summed E-state index contributed by atoms with van der Waals surface area (Å²) >= 11 is 0. The van der Waals surface area contributed by atoms with E-state index in [-0.39, 0.29) is 23.0 Å². The molecule has 0 fully saturated rings. The van der Waals surface area contributed by atoms with Crippen molar-refractivity contribution in [3.63, 3.8) is 0 Å². The van der Waals surface area contributed by atoms with E-state index in [9.17, 15) is 9.90 Å². The molecule has 5 nitrogen and oxygen atoms in total. The molecule has 0 saturated heterocycles. The Morgan fingerprint density at radius 2 is 2.00 bits per heavy atom.